The smallest absolute Gasteiger partial charge is 0.254 e. The maximum atomic E-state index is 11.8. The summed E-state index contributed by atoms with van der Waals surface area (Å²) >= 11 is 0. The molecule has 1 aromatic rings. The summed E-state index contributed by atoms with van der Waals surface area (Å²) in [7, 11) is 0. The van der Waals surface area contributed by atoms with Crippen molar-refractivity contribution in [1.82, 2.24) is 10.3 Å². The largest absolute Gasteiger partial charge is 0.493 e. The van der Waals surface area contributed by atoms with Gasteiger partial charge in [-0.1, -0.05) is 12.1 Å². The summed E-state index contributed by atoms with van der Waals surface area (Å²) in [6.45, 7) is 5.78. The van der Waals surface area contributed by atoms with Crippen molar-refractivity contribution in [2.24, 2.45) is 5.10 Å². The molecule has 21 heavy (non-hydrogen) atoms. The molecule has 6 heteroatoms. The van der Waals surface area contributed by atoms with Crippen LogP contribution in [-0.4, -0.2) is 56.5 Å². The second-order valence-corrected chi connectivity index (χ2v) is 4.65. The topological polar surface area (TPSA) is 63.2 Å². The van der Waals surface area contributed by atoms with Crippen LogP contribution < -0.4 is 10.2 Å². The van der Waals surface area contributed by atoms with Crippen molar-refractivity contribution in [1.29, 1.82) is 0 Å². The number of para-hydroxylation sites is 1. The highest BCUT2D eigenvalue weighted by Crippen LogP contribution is 2.15. The molecule has 1 fully saturated rings. The zero-order chi connectivity index (χ0) is 14.9. The fourth-order valence-corrected chi connectivity index (χ4v) is 2.05. The van der Waals surface area contributed by atoms with Crippen molar-refractivity contribution < 1.29 is 14.3 Å². The first-order valence-corrected chi connectivity index (χ1v) is 7.13. The average Bonchev–Trinajstić information content (AvgIpc) is 2.50. The SMILES string of the molecule is CCOc1ccccc1/C=N\NC(=O)CN1CCOCC1. The van der Waals surface area contributed by atoms with E-state index in [0.29, 0.717) is 26.4 Å². The molecule has 0 aromatic heterocycles. The number of rotatable bonds is 6. The first-order valence-electron chi connectivity index (χ1n) is 7.13. The van der Waals surface area contributed by atoms with E-state index in [1.54, 1.807) is 6.21 Å². The minimum Gasteiger partial charge on any atom is -0.493 e. The molecule has 0 unspecified atom stereocenters. The van der Waals surface area contributed by atoms with Crippen molar-refractivity contribution in [3.8, 4) is 5.75 Å². The molecule has 0 aliphatic carbocycles. The normalized spacial score (nSPS) is 16.0. The minimum absolute atomic E-state index is 0.123. The Morgan fingerprint density at radius 2 is 2.19 bits per heavy atom. The van der Waals surface area contributed by atoms with Gasteiger partial charge in [-0.05, 0) is 19.1 Å². The quantitative estimate of drug-likeness (QED) is 0.624. The van der Waals surface area contributed by atoms with E-state index in [9.17, 15) is 4.79 Å². The Hall–Kier alpha value is -1.92. The van der Waals surface area contributed by atoms with Crippen molar-refractivity contribution in [3.63, 3.8) is 0 Å². The van der Waals surface area contributed by atoms with Crippen molar-refractivity contribution in [2.75, 3.05) is 39.5 Å². The van der Waals surface area contributed by atoms with Gasteiger partial charge in [0.25, 0.3) is 5.91 Å². The Kier molecular flexibility index (Phi) is 6.18. The van der Waals surface area contributed by atoms with Gasteiger partial charge in [0.2, 0.25) is 0 Å². The third kappa shape index (κ3) is 5.17. The van der Waals surface area contributed by atoms with Gasteiger partial charge in [-0.25, -0.2) is 5.43 Å². The molecule has 1 aliphatic rings. The predicted octanol–water partition coefficient (Wildman–Crippen LogP) is 0.868. The van der Waals surface area contributed by atoms with Gasteiger partial charge in [-0.2, -0.15) is 5.10 Å². The lowest BCUT2D eigenvalue weighted by molar-refractivity contribution is -0.123. The van der Waals surface area contributed by atoms with Gasteiger partial charge in [0.05, 0.1) is 32.6 Å². The van der Waals surface area contributed by atoms with Gasteiger partial charge in [-0.15, -0.1) is 0 Å². The van der Waals surface area contributed by atoms with Crippen LogP contribution in [0.5, 0.6) is 5.75 Å². The number of benzene rings is 1. The van der Waals surface area contributed by atoms with Crippen molar-refractivity contribution in [2.45, 2.75) is 6.92 Å². The van der Waals surface area contributed by atoms with Gasteiger partial charge < -0.3 is 9.47 Å². The van der Waals surface area contributed by atoms with Crippen LogP contribution in [0.4, 0.5) is 0 Å². The number of amides is 1. The number of morpholine rings is 1. The summed E-state index contributed by atoms with van der Waals surface area (Å²) in [6, 6.07) is 7.57. The number of nitrogens with one attached hydrogen (secondary N) is 1. The maximum absolute atomic E-state index is 11.8. The molecule has 1 aromatic carbocycles. The molecular weight excluding hydrogens is 270 g/mol. The zero-order valence-corrected chi connectivity index (χ0v) is 12.2. The van der Waals surface area contributed by atoms with Crippen LogP contribution in [0.15, 0.2) is 29.4 Å². The summed E-state index contributed by atoms with van der Waals surface area (Å²) in [5, 5.41) is 3.99. The van der Waals surface area contributed by atoms with Crippen molar-refractivity contribution >= 4 is 12.1 Å². The number of ether oxygens (including phenoxy) is 2. The standard InChI is InChI=1S/C15H21N3O3/c1-2-21-14-6-4-3-5-13(14)11-16-17-15(19)12-18-7-9-20-10-8-18/h3-6,11H,2,7-10,12H2,1H3,(H,17,19)/b16-11-. The van der Waals surface area contributed by atoms with Gasteiger partial charge in [0, 0.05) is 18.7 Å². The Morgan fingerprint density at radius 1 is 1.43 bits per heavy atom. The van der Waals surface area contributed by atoms with E-state index in [0.717, 1.165) is 24.4 Å². The summed E-state index contributed by atoms with van der Waals surface area (Å²) in [4.78, 5) is 13.8. The molecule has 0 atom stereocenters. The number of carbonyl (C=O) groups excluding carboxylic acids is 1. The lowest BCUT2D eigenvalue weighted by Gasteiger charge is -2.25. The molecule has 1 amide bonds. The average molecular weight is 291 g/mol. The highest BCUT2D eigenvalue weighted by Gasteiger charge is 2.13. The minimum atomic E-state index is -0.123. The Morgan fingerprint density at radius 3 is 2.95 bits per heavy atom. The van der Waals surface area contributed by atoms with Crippen LogP contribution in [0.1, 0.15) is 12.5 Å². The molecule has 1 saturated heterocycles. The summed E-state index contributed by atoms with van der Waals surface area (Å²) < 4.78 is 10.7. The van der Waals surface area contributed by atoms with E-state index >= 15 is 0 Å². The molecule has 0 radical (unpaired) electrons. The lowest BCUT2D eigenvalue weighted by Crippen LogP contribution is -2.42. The number of nitrogens with zero attached hydrogens (tertiary/aromatic N) is 2. The van der Waals surface area contributed by atoms with Crippen LogP contribution in [-0.2, 0) is 9.53 Å². The number of hydrogen-bond acceptors (Lipinski definition) is 5. The molecule has 0 saturated carbocycles. The van der Waals surface area contributed by atoms with E-state index in [1.165, 1.54) is 0 Å². The molecule has 1 aliphatic heterocycles. The molecular formula is C15H21N3O3. The monoisotopic (exact) mass is 291 g/mol. The third-order valence-electron chi connectivity index (χ3n) is 3.08. The van der Waals surface area contributed by atoms with Crippen LogP contribution >= 0.6 is 0 Å². The fraction of sp³-hybridized carbons (Fsp3) is 0.467. The van der Waals surface area contributed by atoms with Crippen molar-refractivity contribution in [3.05, 3.63) is 29.8 Å². The Bertz CT molecular complexity index is 485. The zero-order valence-electron chi connectivity index (χ0n) is 12.2. The van der Waals surface area contributed by atoms with Crippen LogP contribution in [0.3, 0.4) is 0 Å². The molecule has 0 spiro atoms. The highest BCUT2D eigenvalue weighted by atomic mass is 16.5. The van der Waals surface area contributed by atoms with Gasteiger partial charge in [0.1, 0.15) is 5.75 Å². The van der Waals surface area contributed by atoms with Crippen LogP contribution in [0.25, 0.3) is 0 Å². The lowest BCUT2D eigenvalue weighted by atomic mass is 10.2. The Labute approximate surface area is 124 Å². The third-order valence-corrected chi connectivity index (χ3v) is 3.08. The highest BCUT2D eigenvalue weighted by molar-refractivity contribution is 5.85. The van der Waals surface area contributed by atoms with Gasteiger partial charge >= 0.3 is 0 Å². The fourth-order valence-electron chi connectivity index (χ4n) is 2.05. The van der Waals surface area contributed by atoms with Gasteiger partial charge in [0.15, 0.2) is 0 Å². The van der Waals surface area contributed by atoms with Crippen LogP contribution in [0.2, 0.25) is 0 Å². The molecule has 6 nitrogen and oxygen atoms in total. The predicted molar refractivity (Wildman–Crippen MR) is 80.6 cm³/mol. The number of hydrogen-bond donors (Lipinski definition) is 1. The molecule has 0 bridgehead atoms. The van der Waals surface area contributed by atoms with E-state index in [4.69, 9.17) is 9.47 Å². The van der Waals surface area contributed by atoms with E-state index in [1.807, 2.05) is 36.1 Å². The van der Waals surface area contributed by atoms with E-state index in [2.05, 4.69) is 10.5 Å². The first-order chi connectivity index (χ1) is 10.3. The van der Waals surface area contributed by atoms with E-state index in [-0.39, 0.29) is 5.91 Å². The molecule has 114 valence electrons. The van der Waals surface area contributed by atoms with Crippen LogP contribution in [0, 0.1) is 0 Å². The molecule has 2 rings (SSSR count). The van der Waals surface area contributed by atoms with Gasteiger partial charge in [-0.3, -0.25) is 9.69 Å². The maximum Gasteiger partial charge on any atom is 0.254 e. The number of carbonyl (C=O) groups is 1. The summed E-state index contributed by atoms with van der Waals surface area (Å²) in [6.07, 6.45) is 1.60. The second kappa shape index (κ2) is 8.39. The summed E-state index contributed by atoms with van der Waals surface area (Å²) in [5.74, 6) is 0.633. The summed E-state index contributed by atoms with van der Waals surface area (Å²) in [5.41, 5.74) is 3.38. The first kappa shape index (κ1) is 15.5. The number of hydrazone groups is 1. The van der Waals surface area contributed by atoms with E-state index < -0.39 is 0 Å². The Balaban J connectivity index is 1.82. The second-order valence-electron chi connectivity index (χ2n) is 4.65. The molecule has 1 heterocycles. The molecule has 1 N–H and O–H groups in total.